The second kappa shape index (κ2) is 6.16. The van der Waals surface area contributed by atoms with Crippen molar-refractivity contribution >= 4 is 36.6 Å². The third-order valence-corrected chi connectivity index (χ3v) is 5.63. The van der Waals surface area contributed by atoms with Crippen LogP contribution in [0.15, 0.2) is 11.5 Å². The Kier molecular flexibility index (Phi) is 4.23. The summed E-state index contributed by atoms with van der Waals surface area (Å²) in [5, 5.41) is 0.496. The molecule has 13 heteroatoms. The highest BCUT2D eigenvalue weighted by Gasteiger charge is 2.53. The van der Waals surface area contributed by atoms with Crippen molar-refractivity contribution < 1.29 is 28.0 Å². The number of imidazole rings is 1. The highest BCUT2D eigenvalue weighted by molar-refractivity contribution is 7.98. The number of rotatable bonds is 3. The van der Waals surface area contributed by atoms with E-state index in [0.717, 1.165) is 0 Å². The lowest BCUT2D eigenvalue weighted by Gasteiger charge is -2.29. The van der Waals surface area contributed by atoms with Gasteiger partial charge in [-0.05, 0) is 6.26 Å². The molecule has 4 heterocycles. The fourth-order valence-electron chi connectivity index (χ4n) is 2.99. The SMILES string of the molecule is COC1C2OP(=O)(O)OCC2OC1n1cnc2c(N)nc(SC)nc21. The van der Waals surface area contributed by atoms with Crippen molar-refractivity contribution in [2.24, 2.45) is 0 Å². The van der Waals surface area contributed by atoms with Crippen molar-refractivity contribution in [3.05, 3.63) is 6.33 Å². The minimum Gasteiger partial charge on any atom is -0.382 e. The molecule has 0 bridgehead atoms. The van der Waals surface area contributed by atoms with Gasteiger partial charge < -0.3 is 20.1 Å². The molecule has 2 aromatic heterocycles. The number of nitrogen functional groups attached to an aromatic ring is 1. The summed E-state index contributed by atoms with van der Waals surface area (Å²) in [6.45, 7) is -0.0748. The Morgan fingerprint density at radius 1 is 1.52 bits per heavy atom. The number of phosphoric ester groups is 1. The molecule has 25 heavy (non-hydrogen) atoms. The minimum absolute atomic E-state index is 0.0748. The quantitative estimate of drug-likeness (QED) is 0.431. The topological polar surface area (TPSA) is 144 Å². The highest BCUT2D eigenvalue weighted by atomic mass is 32.2. The normalized spacial score (nSPS) is 35.2. The number of phosphoric acid groups is 1. The molecule has 0 radical (unpaired) electrons. The van der Waals surface area contributed by atoms with Crippen LogP contribution < -0.4 is 5.73 Å². The number of hydrogen-bond donors (Lipinski definition) is 2. The summed E-state index contributed by atoms with van der Waals surface area (Å²) in [4.78, 5) is 22.4. The van der Waals surface area contributed by atoms with E-state index in [9.17, 15) is 9.46 Å². The third kappa shape index (κ3) is 2.83. The summed E-state index contributed by atoms with van der Waals surface area (Å²) < 4.78 is 34.8. The van der Waals surface area contributed by atoms with E-state index in [1.807, 2.05) is 6.26 Å². The van der Waals surface area contributed by atoms with E-state index >= 15 is 0 Å². The molecule has 0 saturated carbocycles. The molecular formula is C12H16N5O6PS. The first-order valence-corrected chi connectivity index (χ1v) is 10.0. The number of nitrogens with zero attached hydrogens (tertiary/aromatic N) is 4. The largest absolute Gasteiger partial charge is 0.472 e. The van der Waals surface area contributed by atoms with Crippen LogP contribution in [0.5, 0.6) is 0 Å². The average Bonchev–Trinajstić information content (AvgIpc) is 3.14. The summed E-state index contributed by atoms with van der Waals surface area (Å²) >= 11 is 1.35. The fraction of sp³-hybridized carbons (Fsp3) is 0.583. The zero-order valence-corrected chi connectivity index (χ0v) is 15.0. The van der Waals surface area contributed by atoms with Gasteiger partial charge in [0, 0.05) is 7.11 Å². The second-order valence-electron chi connectivity index (χ2n) is 5.52. The number of nitrogens with two attached hydrogens (primary N) is 1. The van der Waals surface area contributed by atoms with Gasteiger partial charge in [-0.15, -0.1) is 0 Å². The van der Waals surface area contributed by atoms with Crippen molar-refractivity contribution in [2.45, 2.75) is 29.7 Å². The van der Waals surface area contributed by atoms with Gasteiger partial charge in [0.05, 0.1) is 12.9 Å². The zero-order valence-electron chi connectivity index (χ0n) is 13.3. The molecule has 0 spiro atoms. The summed E-state index contributed by atoms with van der Waals surface area (Å²) in [6, 6.07) is 0. The Hall–Kier alpha value is -1.27. The van der Waals surface area contributed by atoms with Crippen LogP contribution in [0.3, 0.4) is 0 Å². The predicted octanol–water partition coefficient (Wildman–Crippen LogP) is 0.559. The number of thioether (sulfide) groups is 1. The number of ether oxygens (including phenoxy) is 2. The van der Waals surface area contributed by atoms with Crippen LogP contribution in [0.2, 0.25) is 0 Å². The van der Waals surface area contributed by atoms with Gasteiger partial charge in [-0.25, -0.2) is 19.5 Å². The Bertz CT molecular complexity index is 864. The summed E-state index contributed by atoms with van der Waals surface area (Å²) in [5.74, 6) is 0.261. The molecule has 5 unspecified atom stereocenters. The van der Waals surface area contributed by atoms with E-state index in [4.69, 9.17) is 24.3 Å². The molecule has 5 atom stereocenters. The molecule has 136 valence electrons. The molecule has 11 nitrogen and oxygen atoms in total. The number of aromatic nitrogens is 4. The van der Waals surface area contributed by atoms with Gasteiger partial charge in [-0.1, -0.05) is 11.8 Å². The second-order valence-corrected chi connectivity index (χ2v) is 7.70. The molecule has 2 aromatic rings. The van der Waals surface area contributed by atoms with Gasteiger partial charge in [0.25, 0.3) is 0 Å². The maximum absolute atomic E-state index is 11.7. The highest BCUT2D eigenvalue weighted by Crippen LogP contribution is 2.53. The number of anilines is 1. The van der Waals surface area contributed by atoms with Crippen LogP contribution in [0, 0.1) is 0 Å². The standard InChI is InChI=1S/C12H16N5O6PS/c1-20-8-7-5(3-21-24(18,19)23-7)22-11(8)17-4-14-6-9(13)15-12(25-2)16-10(6)17/h4-5,7-8,11H,3H2,1-2H3,(H,18,19)(H2,13,15,16). The lowest BCUT2D eigenvalue weighted by atomic mass is 10.1. The molecule has 2 aliphatic rings. The van der Waals surface area contributed by atoms with Crippen LogP contribution in [0.4, 0.5) is 5.82 Å². The summed E-state index contributed by atoms with van der Waals surface area (Å²) in [6.07, 6.45) is 0.727. The van der Waals surface area contributed by atoms with Crippen LogP contribution in [-0.2, 0) is 23.1 Å². The van der Waals surface area contributed by atoms with E-state index in [1.165, 1.54) is 25.2 Å². The number of hydrogen-bond acceptors (Lipinski definition) is 10. The molecular weight excluding hydrogens is 373 g/mol. The Labute approximate surface area is 146 Å². The van der Waals surface area contributed by atoms with E-state index < -0.39 is 32.4 Å². The Morgan fingerprint density at radius 2 is 2.32 bits per heavy atom. The van der Waals surface area contributed by atoms with Gasteiger partial charge in [-0.2, -0.15) is 0 Å². The zero-order chi connectivity index (χ0) is 17.8. The first-order chi connectivity index (χ1) is 11.9. The van der Waals surface area contributed by atoms with Crippen molar-refractivity contribution in [1.82, 2.24) is 19.5 Å². The van der Waals surface area contributed by atoms with Crippen LogP contribution in [-0.4, -0.2) is 62.7 Å². The molecule has 0 aliphatic carbocycles. The van der Waals surface area contributed by atoms with Gasteiger partial charge in [0.1, 0.15) is 23.8 Å². The fourth-order valence-corrected chi connectivity index (χ4v) is 4.32. The number of methoxy groups -OCH3 is 1. The van der Waals surface area contributed by atoms with E-state index in [0.29, 0.717) is 16.3 Å². The molecule has 4 rings (SSSR count). The van der Waals surface area contributed by atoms with E-state index in [-0.39, 0.29) is 12.4 Å². The maximum atomic E-state index is 11.7. The van der Waals surface area contributed by atoms with E-state index in [1.54, 1.807) is 4.57 Å². The van der Waals surface area contributed by atoms with Gasteiger partial charge in [0.15, 0.2) is 22.8 Å². The first-order valence-electron chi connectivity index (χ1n) is 7.31. The van der Waals surface area contributed by atoms with Crippen LogP contribution in [0.25, 0.3) is 11.2 Å². The molecule has 3 N–H and O–H groups in total. The summed E-state index contributed by atoms with van der Waals surface area (Å²) in [7, 11) is -2.64. The van der Waals surface area contributed by atoms with Gasteiger partial charge in [-0.3, -0.25) is 13.6 Å². The molecule has 2 fully saturated rings. The van der Waals surface area contributed by atoms with Crippen molar-refractivity contribution in [3.8, 4) is 0 Å². The van der Waals surface area contributed by atoms with E-state index in [2.05, 4.69) is 15.0 Å². The lowest BCUT2D eigenvalue weighted by Crippen LogP contribution is -2.40. The lowest BCUT2D eigenvalue weighted by molar-refractivity contribution is -0.0667. The molecule has 0 amide bonds. The average molecular weight is 389 g/mol. The predicted molar refractivity (Wildman–Crippen MR) is 86.9 cm³/mol. The van der Waals surface area contributed by atoms with Crippen LogP contribution >= 0.6 is 19.6 Å². The monoisotopic (exact) mass is 389 g/mol. The maximum Gasteiger partial charge on any atom is 0.472 e. The smallest absolute Gasteiger partial charge is 0.382 e. The third-order valence-electron chi connectivity index (χ3n) is 4.10. The minimum atomic E-state index is -4.11. The molecule has 2 saturated heterocycles. The van der Waals surface area contributed by atoms with Crippen molar-refractivity contribution in [2.75, 3.05) is 25.7 Å². The number of fused-ring (bicyclic) bond motifs is 2. The van der Waals surface area contributed by atoms with Crippen molar-refractivity contribution in [3.63, 3.8) is 0 Å². The summed E-state index contributed by atoms with van der Waals surface area (Å²) in [5.41, 5.74) is 6.86. The molecule has 2 aliphatic heterocycles. The Balaban J connectivity index is 1.76. The van der Waals surface area contributed by atoms with Gasteiger partial charge in [0.2, 0.25) is 0 Å². The Morgan fingerprint density at radius 3 is 3.04 bits per heavy atom. The van der Waals surface area contributed by atoms with Gasteiger partial charge >= 0.3 is 7.82 Å². The van der Waals surface area contributed by atoms with Crippen LogP contribution in [0.1, 0.15) is 6.23 Å². The molecule has 0 aromatic carbocycles. The van der Waals surface area contributed by atoms with Crippen molar-refractivity contribution in [1.29, 1.82) is 0 Å². The first kappa shape index (κ1) is 17.2.